The quantitative estimate of drug-likeness (QED) is 0.927. The first-order valence-corrected chi connectivity index (χ1v) is 7.53. The third kappa shape index (κ3) is 3.93. The van der Waals surface area contributed by atoms with E-state index in [1.54, 1.807) is 5.38 Å². The molecule has 0 radical (unpaired) electrons. The largest absolute Gasteiger partial charge is 0.453 e. The molecule has 110 valence electrons. The number of ether oxygens (including phenoxy) is 1. The van der Waals surface area contributed by atoms with E-state index in [1.165, 1.54) is 18.4 Å². The van der Waals surface area contributed by atoms with Crippen LogP contribution in [-0.4, -0.2) is 42.1 Å². The summed E-state index contributed by atoms with van der Waals surface area (Å²) in [7, 11) is 1.30. The summed E-state index contributed by atoms with van der Waals surface area (Å²) in [6.45, 7) is 3.88. The number of nitrogens with one attached hydrogen (secondary N) is 1. The zero-order chi connectivity index (χ0) is 14.5. The van der Waals surface area contributed by atoms with Crippen LogP contribution in [0.25, 0.3) is 0 Å². The molecule has 1 saturated heterocycles. The molecule has 1 aliphatic heterocycles. The molecule has 0 atom stereocenters. The van der Waals surface area contributed by atoms with Gasteiger partial charge in [-0.15, -0.1) is 11.3 Å². The van der Waals surface area contributed by atoms with Crippen molar-refractivity contribution in [3.05, 3.63) is 11.1 Å². The maximum absolute atomic E-state index is 12.1. The Hall–Kier alpha value is -1.63. The smallest absolute Gasteiger partial charge is 0.413 e. The molecule has 1 N–H and O–H groups in total. The first kappa shape index (κ1) is 14.8. The Balaban J connectivity index is 1.86. The van der Waals surface area contributed by atoms with Crippen LogP contribution in [0.4, 0.5) is 9.93 Å². The van der Waals surface area contributed by atoms with Crippen molar-refractivity contribution in [3.8, 4) is 0 Å². The molecule has 0 saturated carbocycles. The van der Waals surface area contributed by atoms with Gasteiger partial charge in [0.2, 0.25) is 5.91 Å². The van der Waals surface area contributed by atoms with Crippen LogP contribution in [0.3, 0.4) is 0 Å². The van der Waals surface area contributed by atoms with Crippen molar-refractivity contribution in [3.63, 3.8) is 0 Å². The highest BCUT2D eigenvalue weighted by Crippen LogP contribution is 2.19. The fourth-order valence-corrected chi connectivity index (χ4v) is 2.80. The highest BCUT2D eigenvalue weighted by molar-refractivity contribution is 7.13. The van der Waals surface area contributed by atoms with Crippen molar-refractivity contribution >= 4 is 28.5 Å². The number of hydrogen-bond donors (Lipinski definition) is 1. The predicted octanol–water partition coefficient (Wildman–Crippen LogP) is 2.12. The van der Waals surface area contributed by atoms with Crippen molar-refractivity contribution in [1.82, 2.24) is 9.88 Å². The fraction of sp³-hybridized carbons (Fsp3) is 0.615. The van der Waals surface area contributed by atoms with Crippen LogP contribution in [0.15, 0.2) is 5.38 Å². The zero-order valence-electron chi connectivity index (χ0n) is 11.7. The molecule has 2 heterocycles. The average Bonchev–Trinajstić information content (AvgIpc) is 2.86. The van der Waals surface area contributed by atoms with Gasteiger partial charge in [0, 0.05) is 18.5 Å². The summed E-state index contributed by atoms with van der Waals surface area (Å²) in [5.41, 5.74) is 0.685. The van der Waals surface area contributed by atoms with Gasteiger partial charge in [0.15, 0.2) is 5.13 Å². The van der Waals surface area contributed by atoms with E-state index in [0.717, 1.165) is 25.9 Å². The van der Waals surface area contributed by atoms with E-state index in [0.29, 0.717) is 16.7 Å². The number of amides is 2. The van der Waals surface area contributed by atoms with E-state index < -0.39 is 6.09 Å². The van der Waals surface area contributed by atoms with Crippen LogP contribution >= 0.6 is 11.3 Å². The monoisotopic (exact) mass is 297 g/mol. The normalized spacial score (nSPS) is 16.0. The zero-order valence-corrected chi connectivity index (χ0v) is 12.5. The van der Waals surface area contributed by atoms with Crippen LogP contribution in [0, 0.1) is 5.92 Å². The molecule has 0 unspecified atom stereocenters. The predicted molar refractivity (Wildman–Crippen MR) is 76.8 cm³/mol. The van der Waals surface area contributed by atoms with Crippen LogP contribution in [0.2, 0.25) is 0 Å². The molecule has 1 aliphatic rings. The number of anilines is 1. The van der Waals surface area contributed by atoms with E-state index in [4.69, 9.17) is 0 Å². The molecule has 1 aromatic heterocycles. The number of carbonyl (C=O) groups is 2. The van der Waals surface area contributed by atoms with Crippen molar-refractivity contribution in [2.45, 2.75) is 26.2 Å². The molecule has 2 amide bonds. The van der Waals surface area contributed by atoms with Crippen LogP contribution < -0.4 is 5.32 Å². The van der Waals surface area contributed by atoms with Gasteiger partial charge in [0.25, 0.3) is 0 Å². The Morgan fingerprint density at radius 1 is 1.50 bits per heavy atom. The number of thiazole rings is 1. The van der Waals surface area contributed by atoms with Gasteiger partial charge >= 0.3 is 6.09 Å². The van der Waals surface area contributed by atoms with Gasteiger partial charge in [0.05, 0.1) is 19.2 Å². The summed E-state index contributed by atoms with van der Waals surface area (Å²) in [5.74, 6) is 0.806. The van der Waals surface area contributed by atoms with Gasteiger partial charge in [-0.1, -0.05) is 6.92 Å². The number of likely N-dealkylation sites (tertiary alicyclic amines) is 1. The number of aromatic nitrogens is 1. The summed E-state index contributed by atoms with van der Waals surface area (Å²) in [4.78, 5) is 29.3. The van der Waals surface area contributed by atoms with Crippen molar-refractivity contribution in [2.24, 2.45) is 5.92 Å². The van der Waals surface area contributed by atoms with E-state index in [9.17, 15) is 9.59 Å². The van der Waals surface area contributed by atoms with Crippen LogP contribution in [-0.2, 0) is 16.0 Å². The molecule has 0 aromatic carbocycles. The average molecular weight is 297 g/mol. The minimum absolute atomic E-state index is 0.104. The lowest BCUT2D eigenvalue weighted by molar-refractivity contribution is -0.131. The lowest BCUT2D eigenvalue weighted by atomic mass is 9.99. The summed E-state index contributed by atoms with van der Waals surface area (Å²) in [5, 5.41) is 4.73. The Bertz CT molecular complexity index is 481. The second kappa shape index (κ2) is 6.69. The van der Waals surface area contributed by atoms with Crippen LogP contribution in [0.1, 0.15) is 25.5 Å². The summed E-state index contributed by atoms with van der Waals surface area (Å²) in [6, 6.07) is 0. The maximum atomic E-state index is 12.1. The summed E-state index contributed by atoms with van der Waals surface area (Å²) in [6.07, 6.45) is 1.87. The lowest BCUT2D eigenvalue weighted by Crippen LogP contribution is -2.38. The first-order valence-electron chi connectivity index (χ1n) is 6.65. The number of nitrogens with zero attached hydrogens (tertiary/aromatic N) is 2. The Morgan fingerprint density at radius 3 is 2.85 bits per heavy atom. The SMILES string of the molecule is COC(=O)Nc1nc(CC(=O)N2CCC(C)CC2)cs1. The summed E-state index contributed by atoms with van der Waals surface area (Å²) < 4.78 is 4.49. The molecular weight excluding hydrogens is 278 g/mol. The number of hydrogen-bond acceptors (Lipinski definition) is 5. The lowest BCUT2D eigenvalue weighted by Gasteiger charge is -2.30. The van der Waals surface area contributed by atoms with Crippen molar-refractivity contribution in [1.29, 1.82) is 0 Å². The van der Waals surface area contributed by atoms with Gasteiger partial charge in [-0.3, -0.25) is 10.1 Å². The van der Waals surface area contributed by atoms with Crippen molar-refractivity contribution in [2.75, 3.05) is 25.5 Å². The number of carbonyl (C=O) groups excluding carboxylic acids is 2. The van der Waals surface area contributed by atoms with E-state index in [-0.39, 0.29) is 12.3 Å². The van der Waals surface area contributed by atoms with Crippen molar-refractivity contribution < 1.29 is 14.3 Å². The molecule has 7 heteroatoms. The molecule has 1 fully saturated rings. The molecule has 0 spiro atoms. The number of piperidine rings is 1. The topological polar surface area (TPSA) is 71.5 Å². The van der Waals surface area contributed by atoms with Crippen LogP contribution in [0.5, 0.6) is 0 Å². The molecule has 6 nitrogen and oxygen atoms in total. The Labute approximate surface area is 122 Å². The van der Waals surface area contributed by atoms with E-state index >= 15 is 0 Å². The Kier molecular flexibility index (Phi) is 4.94. The first-order chi connectivity index (χ1) is 9.58. The van der Waals surface area contributed by atoms with E-state index in [2.05, 4.69) is 22.0 Å². The van der Waals surface area contributed by atoms with E-state index in [1.807, 2.05) is 4.90 Å². The van der Waals surface area contributed by atoms with Gasteiger partial charge in [-0.2, -0.15) is 0 Å². The second-order valence-corrected chi connectivity index (χ2v) is 5.86. The maximum Gasteiger partial charge on any atom is 0.413 e. The standard InChI is InChI=1S/C13H19N3O3S/c1-9-3-5-16(6-4-9)11(17)7-10-8-20-12(14-10)15-13(18)19-2/h8-9H,3-7H2,1-2H3,(H,14,15,18). The molecular formula is C13H19N3O3S. The third-order valence-electron chi connectivity index (χ3n) is 3.41. The molecule has 0 aliphatic carbocycles. The molecule has 0 bridgehead atoms. The minimum Gasteiger partial charge on any atom is -0.453 e. The third-order valence-corrected chi connectivity index (χ3v) is 4.22. The van der Waals surface area contributed by atoms with Gasteiger partial charge in [-0.25, -0.2) is 9.78 Å². The minimum atomic E-state index is -0.553. The van der Waals surface area contributed by atoms with Gasteiger partial charge < -0.3 is 9.64 Å². The molecule has 2 rings (SSSR count). The van der Waals surface area contributed by atoms with Gasteiger partial charge in [0.1, 0.15) is 0 Å². The molecule has 20 heavy (non-hydrogen) atoms. The van der Waals surface area contributed by atoms with Gasteiger partial charge in [-0.05, 0) is 18.8 Å². The fourth-order valence-electron chi connectivity index (χ4n) is 2.11. The molecule has 1 aromatic rings. The highest BCUT2D eigenvalue weighted by Gasteiger charge is 2.21. The number of rotatable bonds is 3. The highest BCUT2D eigenvalue weighted by atomic mass is 32.1. The Morgan fingerprint density at radius 2 is 2.20 bits per heavy atom. The number of methoxy groups -OCH3 is 1. The summed E-state index contributed by atoms with van der Waals surface area (Å²) >= 11 is 1.29. The second-order valence-electron chi connectivity index (χ2n) is 5.00.